The molecule has 3 N–H and O–H groups in total. The number of hydrogen-bond acceptors (Lipinski definition) is 4. The van der Waals surface area contributed by atoms with Gasteiger partial charge < -0.3 is 10.7 Å². The lowest BCUT2D eigenvalue weighted by Crippen LogP contribution is -2.37. The summed E-state index contributed by atoms with van der Waals surface area (Å²) in [6.45, 7) is 6.21. The number of amides is 1. The fourth-order valence-electron chi connectivity index (χ4n) is 1.93. The first-order valence-electron chi connectivity index (χ1n) is 6.24. The summed E-state index contributed by atoms with van der Waals surface area (Å²) in [6, 6.07) is 0.355. The van der Waals surface area contributed by atoms with Crippen LogP contribution in [0.25, 0.3) is 5.57 Å². The average molecular weight is 261 g/mol. The predicted octanol–water partition coefficient (Wildman–Crippen LogP) is 1.24. The van der Waals surface area contributed by atoms with Crippen LogP contribution in [0.1, 0.15) is 36.8 Å². The predicted molar refractivity (Wildman–Crippen MR) is 73.8 cm³/mol. The van der Waals surface area contributed by atoms with Crippen LogP contribution in [0.2, 0.25) is 0 Å². The summed E-state index contributed by atoms with van der Waals surface area (Å²) in [5.41, 5.74) is 6.46. The number of aromatic nitrogens is 2. The molecule has 1 aromatic rings. The Bertz CT molecular complexity index is 541. The van der Waals surface area contributed by atoms with E-state index in [0.717, 1.165) is 16.8 Å². The highest BCUT2D eigenvalue weighted by molar-refractivity contribution is 5.99. The zero-order valence-corrected chi connectivity index (χ0v) is 11.6. The molecule has 6 nitrogen and oxygen atoms in total. The molecule has 19 heavy (non-hydrogen) atoms. The standard InChI is InChI=1S/C13H19N5O/c1-8(2)18-7-9(3)10(6-16-18)12-11(5-15-17-12)13(19)14-4/h5-8,16H,1-4H3,(H,14,19)(H,15,17). The van der Waals surface area contributed by atoms with E-state index >= 15 is 0 Å². The maximum atomic E-state index is 11.8. The molecule has 0 radical (unpaired) electrons. The van der Waals surface area contributed by atoms with Crippen LogP contribution in [0.3, 0.4) is 0 Å². The molecule has 1 aliphatic heterocycles. The number of carbonyl (C=O) groups is 1. The van der Waals surface area contributed by atoms with E-state index in [-0.39, 0.29) is 5.91 Å². The normalized spacial score (nSPS) is 14.9. The second kappa shape index (κ2) is 5.17. The van der Waals surface area contributed by atoms with Gasteiger partial charge in [-0.25, -0.2) is 0 Å². The van der Waals surface area contributed by atoms with E-state index in [9.17, 15) is 4.79 Å². The van der Waals surface area contributed by atoms with Gasteiger partial charge in [0.25, 0.3) is 5.91 Å². The van der Waals surface area contributed by atoms with Crippen molar-refractivity contribution in [2.45, 2.75) is 26.8 Å². The van der Waals surface area contributed by atoms with Crippen LogP contribution in [0, 0.1) is 0 Å². The Morgan fingerprint density at radius 3 is 2.79 bits per heavy atom. The van der Waals surface area contributed by atoms with Crippen LogP contribution < -0.4 is 10.7 Å². The minimum absolute atomic E-state index is 0.149. The van der Waals surface area contributed by atoms with Crippen molar-refractivity contribution in [2.24, 2.45) is 0 Å². The molecule has 2 heterocycles. The maximum absolute atomic E-state index is 11.8. The summed E-state index contributed by atoms with van der Waals surface area (Å²) in [6.07, 6.45) is 5.45. The smallest absolute Gasteiger partial charge is 0.254 e. The average Bonchev–Trinajstić information content (AvgIpc) is 2.86. The number of H-pyrrole nitrogens is 1. The monoisotopic (exact) mass is 261 g/mol. The van der Waals surface area contributed by atoms with Crippen LogP contribution in [0.15, 0.2) is 24.2 Å². The molecule has 0 saturated heterocycles. The molecule has 102 valence electrons. The first kappa shape index (κ1) is 13.2. The molecule has 0 saturated carbocycles. The fraction of sp³-hybridized carbons (Fsp3) is 0.385. The van der Waals surface area contributed by atoms with Crippen LogP contribution in [-0.2, 0) is 0 Å². The van der Waals surface area contributed by atoms with Crippen molar-refractivity contribution in [3.8, 4) is 0 Å². The van der Waals surface area contributed by atoms with Crippen LogP contribution >= 0.6 is 0 Å². The van der Waals surface area contributed by atoms with Gasteiger partial charge in [-0.1, -0.05) is 0 Å². The van der Waals surface area contributed by atoms with Crippen molar-refractivity contribution < 1.29 is 4.79 Å². The molecule has 1 aliphatic rings. The van der Waals surface area contributed by atoms with Crippen molar-refractivity contribution >= 4 is 11.5 Å². The lowest BCUT2D eigenvalue weighted by Gasteiger charge is -2.29. The highest BCUT2D eigenvalue weighted by atomic mass is 16.1. The van der Waals surface area contributed by atoms with Crippen molar-refractivity contribution in [2.75, 3.05) is 7.05 Å². The molecule has 1 aromatic heterocycles. The van der Waals surface area contributed by atoms with Crippen molar-refractivity contribution in [1.29, 1.82) is 0 Å². The Morgan fingerprint density at radius 1 is 1.47 bits per heavy atom. The SMILES string of the molecule is CNC(=O)c1cn[nH]c1C1=CNN(C(C)C)C=C1C. The minimum atomic E-state index is -0.149. The lowest BCUT2D eigenvalue weighted by atomic mass is 10.0. The number of allylic oxidation sites excluding steroid dienone is 2. The Morgan fingerprint density at radius 2 is 2.21 bits per heavy atom. The Kier molecular flexibility index (Phi) is 3.59. The topological polar surface area (TPSA) is 73.0 Å². The van der Waals surface area contributed by atoms with Crippen molar-refractivity contribution in [3.63, 3.8) is 0 Å². The maximum Gasteiger partial charge on any atom is 0.254 e. The third-order valence-corrected chi connectivity index (χ3v) is 3.05. The van der Waals surface area contributed by atoms with Gasteiger partial charge in [-0.2, -0.15) is 5.10 Å². The van der Waals surface area contributed by atoms with Gasteiger partial charge in [0.15, 0.2) is 0 Å². The summed E-state index contributed by atoms with van der Waals surface area (Å²) in [4.78, 5) is 11.8. The first-order chi connectivity index (χ1) is 9.04. The fourth-order valence-corrected chi connectivity index (χ4v) is 1.93. The van der Waals surface area contributed by atoms with Gasteiger partial charge in [-0.15, -0.1) is 0 Å². The van der Waals surface area contributed by atoms with Gasteiger partial charge in [-0.05, 0) is 26.3 Å². The molecule has 0 aromatic carbocycles. The molecule has 2 rings (SSSR count). The summed E-state index contributed by atoms with van der Waals surface area (Å²) >= 11 is 0. The number of aromatic amines is 1. The molecular weight excluding hydrogens is 242 g/mol. The molecular formula is C13H19N5O. The zero-order chi connectivity index (χ0) is 14.0. The van der Waals surface area contributed by atoms with Gasteiger partial charge in [0.05, 0.1) is 17.5 Å². The minimum Gasteiger partial charge on any atom is -0.355 e. The van der Waals surface area contributed by atoms with Gasteiger partial charge in [0, 0.05) is 31.1 Å². The number of nitrogens with one attached hydrogen (secondary N) is 3. The summed E-state index contributed by atoms with van der Waals surface area (Å²) < 4.78 is 0. The molecule has 0 bridgehead atoms. The van der Waals surface area contributed by atoms with E-state index in [1.807, 2.05) is 24.3 Å². The van der Waals surface area contributed by atoms with E-state index in [0.29, 0.717) is 11.6 Å². The Labute approximate surface area is 112 Å². The number of hydrogen-bond donors (Lipinski definition) is 3. The molecule has 0 atom stereocenters. The third kappa shape index (κ3) is 2.47. The van der Waals surface area contributed by atoms with E-state index in [1.54, 1.807) is 7.05 Å². The summed E-state index contributed by atoms with van der Waals surface area (Å²) in [5.74, 6) is -0.149. The van der Waals surface area contributed by atoms with E-state index in [4.69, 9.17) is 0 Å². The lowest BCUT2D eigenvalue weighted by molar-refractivity contribution is 0.0963. The Balaban J connectivity index is 2.32. The zero-order valence-electron chi connectivity index (χ0n) is 11.6. The van der Waals surface area contributed by atoms with Crippen LogP contribution in [0.4, 0.5) is 0 Å². The molecule has 0 aliphatic carbocycles. The van der Waals surface area contributed by atoms with Gasteiger partial charge in [-0.3, -0.25) is 14.9 Å². The number of hydrazine groups is 1. The number of rotatable bonds is 3. The van der Waals surface area contributed by atoms with E-state index in [1.165, 1.54) is 6.20 Å². The highest BCUT2D eigenvalue weighted by Gasteiger charge is 2.20. The highest BCUT2D eigenvalue weighted by Crippen LogP contribution is 2.26. The number of nitrogens with zero attached hydrogens (tertiary/aromatic N) is 2. The largest absolute Gasteiger partial charge is 0.355 e. The Hall–Kier alpha value is -2.24. The van der Waals surface area contributed by atoms with E-state index in [2.05, 4.69) is 34.8 Å². The van der Waals surface area contributed by atoms with Crippen LogP contribution in [0.5, 0.6) is 0 Å². The van der Waals surface area contributed by atoms with E-state index < -0.39 is 0 Å². The molecule has 0 spiro atoms. The van der Waals surface area contributed by atoms with Gasteiger partial charge in [0.1, 0.15) is 0 Å². The first-order valence-corrected chi connectivity index (χ1v) is 6.24. The molecule has 0 unspecified atom stereocenters. The second-order valence-electron chi connectivity index (χ2n) is 4.74. The van der Waals surface area contributed by atoms with Crippen LogP contribution in [-0.4, -0.2) is 34.2 Å². The van der Waals surface area contributed by atoms with Gasteiger partial charge >= 0.3 is 0 Å². The number of carbonyl (C=O) groups excluding carboxylic acids is 1. The van der Waals surface area contributed by atoms with Crippen molar-refractivity contribution in [1.82, 2.24) is 25.9 Å². The quantitative estimate of drug-likeness (QED) is 0.765. The molecule has 1 amide bonds. The summed E-state index contributed by atoms with van der Waals surface area (Å²) in [7, 11) is 1.61. The van der Waals surface area contributed by atoms with Crippen molar-refractivity contribution in [3.05, 3.63) is 35.4 Å². The van der Waals surface area contributed by atoms with Gasteiger partial charge in [0.2, 0.25) is 0 Å². The second-order valence-corrected chi connectivity index (χ2v) is 4.74. The molecule has 0 fully saturated rings. The third-order valence-electron chi connectivity index (χ3n) is 3.05. The summed E-state index contributed by atoms with van der Waals surface area (Å²) in [5, 5.41) is 11.5. The molecule has 6 heteroatoms.